The minimum absolute atomic E-state index is 0.439. The predicted octanol–water partition coefficient (Wildman–Crippen LogP) is 2.06. The largest absolute Gasteiger partial charge is 0.482 e. The Morgan fingerprint density at radius 1 is 1.47 bits per heavy atom. The summed E-state index contributed by atoms with van der Waals surface area (Å²) in [6, 6.07) is 7.22. The number of methoxy groups -OCH3 is 1. The Hall–Kier alpha value is -1.97. The molecule has 0 saturated carbocycles. The molecule has 0 fully saturated rings. The van der Waals surface area contributed by atoms with Gasteiger partial charge in [-0.25, -0.2) is 9.36 Å². The molecule has 0 aliphatic rings. The number of nitrogens with zero attached hydrogens (tertiary/aromatic N) is 1. The minimum Gasteiger partial charge on any atom is -0.482 e. The number of allylic oxidation sites excluding steroid dienone is 1. The van der Waals surface area contributed by atoms with Crippen LogP contribution in [0.4, 0.5) is 0 Å². The molecule has 15 heavy (non-hydrogen) atoms. The summed E-state index contributed by atoms with van der Waals surface area (Å²) in [6.45, 7) is 1.80. The number of oxazole rings is 1. The van der Waals surface area contributed by atoms with Crippen molar-refractivity contribution in [3.63, 3.8) is 0 Å². The molecule has 0 radical (unpaired) electrons. The summed E-state index contributed by atoms with van der Waals surface area (Å²) in [5.41, 5.74) is 1.26. The summed E-state index contributed by atoms with van der Waals surface area (Å²) in [5.74, 6) is 0.0242. The summed E-state index contributed by atoms with van der Waals surface area (Å²) < 4.78 is 11.6. The quantitative estimate of drug-likeness (QED) is 0.705. The molecular weight excluding hydrogens is 194 g/mol. The van der Waals surface area contributed by atoms with E-state index in [1.54, 1.807) is 19.1 Å². The first-order valence-electron chi connectivity index (χ1n) is 4.59. The van der Waals surface area contributed by atoms with E-state index >= 15 is 0 Å². The van der Waals surface area contributed by atoms with Crippen molar-refractivity contribution in [1.29, 1.82) is 0 Å². The van der Waals surface area contributed by atoms with Crippen LogP contribution in [0.5, 0.6) is 0 Å². The maximum atomic E-state index is 11.6. The van der Waals surface area contributed by atoms with Crippen LogP contribution in [0.2, 0.25) is 0 Å². The van der Waals surface area contributed by atoms with Gasteiger partial charge in [0.05, 0.1) is 12.6 Å². The monoisotopic (exact) mass is 205 g/mol. The molecule has 4 nitrogen and oxygen atoms in total. The van der Waals surface area contributed by atoms with Gasteiger partial charge in [0, 0.05) is 0 Å². The molecule has 0 N–H and O–H groups in total. The van der Waals surface area contributed by atoms with E-state index in [4.69, 9.17) is 9.15 Å². The summed E-state index contributed by atoms with van der Waals surface area (Å²) in [7, 11) is 1.52. The van der Waals surface area contributed by atoms with Crippen LogP contribution in [0.25, 0.3) is 17.0 Å². The zero-order valence-electron chi connectivity index (χ0n) is 8.56. The molecule has 0 aliphatic heterocycles. The Balaban J connectivity index is 2.80. The number of rotatable bonds is 2. The molecule has 2 aromatic rings. The normalized spacial score (nSPS) is 12.0. The molecule has 1 aromatic carbocycles. The van der Waals surface area contributed by atoms with Crippen LogP contribution in [0.1, 0.15) is 6.92 Å². The molecule has 0 unspecified atom stereocenters. The molecule has 0 saturated heterocycles. The maximum Gasteiger partial charge on any atom is 0.427 e. The number of benzene rings is 1. The van der Waals surface area contributed by atoms with Gasteiger partial charge in [-0.3, -0.25) is 0 Å². The topological polar surface area (TPSA) is 44.4 Å². The first kappa shape index (κ1) is 9.58. The molecule has 0 spiro atoms. The van der Waals surface area contributed by atoms with Crippen molar-refractivity contribution < 1.29 is 9.15 Å². The van der Waals surface area contributed by atoms with Crippen LogP contribution in [-0.4, -0.2) is 11.7 Å². The molecule has 0 atom stereocenters. The summed E-state index contributed by atoms with van der Waals surface area (Å²) >= 11 is 0. The number of aromatic nitrogens is 1. The fourth-order valence-electron chi connectivity index (χ4n) is 1.51. The lowest BCUT2D eigenvalue weighted by atomic mass is 10.3. The average Bonchev–Trinajstić information content (AvgIpc) is 2.58. The highest BCUT2D eigenvalue weighted by atomic mass is 16.5. The lowest BCUT2D eigenvalue weighted by Gasteiger charge is -2.04. The highest BCUT2D eigenvalue weighted by Gasteiger charge is 2.11. The Labute approximate surface area is 86.4 Å². The Morgan fingerprint density at radius 3 is 2.87 bits per heavy atom. The van der Waals surface area contributed by atoms with E-state index in [1.165, 1.54) is 11.7 Å². The van der Waals surface area contributed by atoms with Crippen molar-refractivity contribution in [3.05, 3.63) is 40.9 Å². The van der Waals surface area contributed by atoms with E-state index in [0.717, 1.165) is 0 Å². The third kappa shape index (κ3) is 1.44. The van der Waals surface area contributed by atoms with Gasteiger partial charge in [0.15, 0.2) is 11.5 Å². The lowest BCUT2D eigenvalue weighted by Crippen LogP contribution is -2.14. The van der Waals surface area contributed by atoms with Crippen LogP contribution < -0.4 is 5.76 Å². The maximum absolute atomic E-state index is 11.6. The van der Waals surface area contributed by atoms with Gasteiger partial charge in [0.2, 0.25) is 0 Å². The number of fused-ring (bicyclic) bond motifs is 1. The molecule has 2 rings (SSSR count). The van der Waals surface area contributed by atoms with E-state index in [9.17, 15) is 4.79 Å². The fraction of sp³-hybridized carbons (Fsp3) is 0.182. The molecule has 0 bridgehead atoms. The van der Waals surface area contributed by atoms with Crippen molar-refractivity contribution in [3.8, 4) is 0 Å². The van der Waals surface area contributed by atoms with Crippen molar-refractivity contribution >= 4 is 17.0 Å². The molecule has 0 aliphatic carbocycles. The second kappa shape index (κ2) is 3.65. The van der Waals surface area contributed by atoms with Gasteiger partial charge in [-0.05, 0) is 25.1 Å². The van der Waals surface area contributed by atoms with Gasteiger partial charge >= 0.3 is 5.76 Å². The lowest BCUT2D eigenvalue weighted by molar-refractivity contribution is 0.338. The van der Waals surface area contributed by atoms with E-state index in [0.29, 0.717) is 17.0 Å². The standard InChI is InChI=1S/C11H11NO3/c1-3-10(14-2)12-8-6-4-5-7-9(8)15-11(12)13/h3-7H,1-2H3/b10-3-. The van der Waals surface area contributed by atoms with E-state index in [-0.39, 0.29) is 0 Å². The Bertz CT molecular complexity index is 562. The van der Waals surface area contributed by atoms with Crippen molar-refractivity contribution in [2.75, 3.05) is 7.11 Å². The molecule has 1 heterocycles. The van der Waals surface area contributed by atoms with Gasteiger partial charge in [-0.15, -0.1) is 0 Å². The van der Waals surface area contributed by atoms with Gasteiger partial charge in [0.25, 0.3) is 0 Å². The first-order valence-corrected chi connectivity index (χ1v) is 4.59. The number of hydrogen-bond donors (Lipinski definition) is 0. The van der Waals surface area contributed by atoms with Crippen LogP contribution in [0.15, 0.2) is 39.6 Å². The van der Waals surface area contributed by atoms with Gasteiger partial charge in [-0.1, -0.05) is 12.1 Å². The fourth-order valence-corrected chi connectivity index (χ4v) is 1.51. The zero-order chi connectivity index (χ0) is 10.8. The molecule has 1 aromatic heterocycles. The van der Waals surface area contributed by atoms with Crippen LogP contribution in [0, 0.1) is 0 Å². The minimum atomic E-state index is -0.439. The third-order valence-electron chi connectivity index (χ3n) is 2.16. The van der Waals surface area contributed by atoms with Crippen LogP contribution >= 0.6 is 0 Å². The van der Waals surface area contributed by atoms with E-state index < -0.39 is 5.76 Å². The highest BCUT2D eigenvalue weighted by molar-refractivity contribution is 5.75. The van der Waals surface area contributed by atoms with Crippen molar-refractivity contribution in [2.45, 2.75) is 6.92 Å². The third-order valence-corrected chi connectivity index (χ3v) is 2.16. The Kier molecular flexibility index (Phi) is 2.33. The first-order chi connectivity index (χ1) is 7.27. The summed E-state index contributed by atoms with van der Waals surface area (Å²) in [5, 5.41) is 0. The summed E-state index contributed by atoms with van der Waals surface area (Å²) in [4.78, 5) is 11.6. The predicted molar refractivity (Wildman–Crippen MR) is 57.4 cm³/mol. The number of ether oxygens (including phenoxy) is 1. The SMILES string of the molecule is C/C=C(\OC)n1c(=O)oc2ccccc21. The van der Waals surface area contributed by atoms with E-state index in [1.807, 2.05) is 18.2 Å². The van der Waals surface area contributed by atoms with Crippen molar-refractivity contribution in [2.24, 2.45) is 0 Å². The summed E-state index contributed by atoms with van der Waals surface area (Å²) in [6.07, 6.45) is 1.71. The average molecular weight is 205 g/mol. The highest BCUT2D eigenvalue weighted by Crippen LogP contribution is 2.15. The van der Waals surface area contributed by atoms with Gasteiger partial charge < -0.3 is 9.15 Å². The number of hydrogen-bond acceptors (Lipinski definition) is 3. The van der Waals surface area contributed by atoms with E-state index in [2.05, 4.69) is 0 Å². The molecule has 0 amide bonds. The Morgan fingerprint density at radius 2 is 2.20 bits per heavy atom. The molecule has 4 heteroatoms. The van der Waals surface area contributed by atoms with Gasteiger partial charge in [0.1, 0.15) is 0 Å². The second-order valence-electron chi connectivity index (χ2n) is 3.00. The van der Waals surface area contributed by atoms with Crippen LogP contribution in [0.3, 0.4) is 0 Å². The molecular formula is C11H11NO3. The number of para-hydroxylation sites is 2. The molecule has 78 valence electrons. The van der Waals surface area contributed by atoms with Gasteiger partial charge in [-0.2, -0.15) is 0 Å². The smallest absolute Gasteiger partial charge is 0.427 e. The van der Waals surface area contributed by atoms with Crippen LogP contribution in [-0.2, 0) is 4.74 Å². The zero-order valence-corrected chi connectivity index (χ0v) is 8.56. The van der Waals surface area contributed by atoms with Crippen molar-refractivity contribution in [1.82, 2.24) is 4.57 Å². The second-order valence-corrected chi connectivity index (χ2v) is 3.00.